The Kier molecular flexibility index (Phi) is 4.45. The number of aryl methyl sites for hydroxylation is 1. The number of sulfone groups is 1. The van der Waals surface area contributed by atoms with Gasteiger partial charge in [-0.3, -0.25) is 0 Å². The van der Waals surface area contributed by atoms with Crippen molar-refractivity contribution >= 4 is 27.3 Å². The summed E-state index contributed by atoms with van der Waals surface area (Å²) in [7, 11) is -1.02. The van der Waals surface area contributed by atoms with Crippen LogP contribution >= 0.6 is 0 Å². The minimum Gasteiger partial charge on any atom is -0.350 e. The van der Waals surface area contributed by atoms with Crippen LogP contribution in [-0.2, 0) is 9.84 Å². The van der Waals surface area contributed by atoms with Crippen LogP contribution in [0.25, 0.3) is 0 Å². The summed E-state index contributed by atoms with van der Waals surface area (Å²) >= 11 is 0. The van der Waals surface area contributed by atoms with Gasteiger partial charge in [-0.1, -0.05) is 25.1 Å². The molecular formula is C17H22N4O2S. The molecule has 0 spiro atoms. The van der Waals surface area contributed by atoms with Crippen molar-refractivity contribution in [1.82, 2.24) is 9.97 Å². The maximum absolute atomic E-state index is 11.8. The molecule has 1 saturated heterocycles. The summed E-state index contributed by atoms with van der Waals surface area (Å²) in [6.07, 6.45) is 0. The molecule has 0 amide bonds. The van der Waals surface area contributed by atoms with E-state index in [4.69, 9.17) is 0 Å². The van der Waals surface area contributed by atoms with Crippen molar-refractivity contribution < 1.29 is 8.42 Å². The molecule has 1 aromatic heterocycles. The molecule has 7 heteroatoms. The van der Waals surface area contributed by atoms with Crippen LogP contribution in [0.5, 0.6) is 0 Å². The van der Waals surface area contributed by atoms with Crippen LogP contribution in [0.3, 0.4) is 0 Å². The fourth-order valence-electron chi connectivity index (χ4n) is 2.94. The van der Waals surface area contributed by atoms with Crippen LogP contribution in [0.4, 0.5) is 17.5 Å². The molecule has 1 N–H and O–H groups in total. The van der Waals surface area contributed by atoms with Crippen molar-refractivity contribution in [2.75, 3.05) is 28.8 Å². The largest absolute Gasteiger partial charge is 0.350 e. The second-order valence-corrected chi connectivity index (χ2v) is 8.54. The number of para-hydroxylation sites is 1. The quantitative estimate of drug-likeness (QED) is 0.916. The lowest BCUT2D eigenvalue weighted by Crippen LogP contribution is -2.27. The van der Waals surface area contributed by atoms with E-state index in [9.17, 15) is 8.42 Å². The van der Waals surface area contributed by atoms with Gasteiger partial charge in [0.05, 0.1) is 11.5 Å². The van der Waals surface area contributed by atoms with E-state index in [1.54, 1.807) is 0 Å². The van der Waals surface area contributed by atoms with E-state index >= 15 is 0 Å². The first-order chi connectivity index (χ1) is 11.3. The average molecular weight is 346 g/mol. The highest BCUT2D eigenvalue weighted by atomic mass is 32.2. The average Bonchev–Trinajstić information content (AvgIpc) is 2.79. The highest BCUT2D eigenvalue weighted by molar-refractivity contribution is 7.91. The molecule has 0 bridgehead atoms. The number of rotatable bonds is 4. The number of nitrogens with zero attached hydrogens (tertiary/aromatic N) is 3. The molecule has 0 saturated carbocycles. The van der Waals surface area contributed by atoms with Crippen LogP contribution in [0.15, 0.2) is 36.4 Å². The van der Waals surface area contributed by atoms with Gasteiger partial charge in [-0.15, -0.1) is 0 Å². The van der Waals surface area contributed by atoms with E-state index in [0.29, 0.717) is 5.95 Å². The molecule has 2 aromatic rings. The minimum absolute atomic E-state index is 0.0504. The highest BCUT2D eigenvalue weighted by Gasteiger charge is 2.35. The third kappa shape index (κ3) is 3.67. The fraction of sp³-hybridized carbons (Fsp3) is 0.412. The van der Waals surface area contributed by atoms with Gasteiger partial charge in [0.2, 0.25) is 5.95 Å². The van der Waals surface area contributed by atoms with Crippen molar-refractivity contribution in [3.05, 3.63) is 42.1 Å². The van der Waals surface area contributed by atoms with Crippen molar-refractivity contribution in [2.45, 2.75) is 19.9 Å². The molecule has 1 aliphatic heterocycles. The van der Waals surface area contributed by atoms with Gasteiger partial charge in [0.15, 0.2) is 9.84 Å². The Bertz CT molecular complexity index is 824. The lowest BCUT2D eigenvalue weighted by molar-refractivity contribution is 0.590. The topological polar surface area (TPSA) is 75.2 Å². The monoisotopic (exact) mass is 346 g/mol. The van der Waals surface area contributed by atoms with E-state index in [1.165, 1.54) is 0 Å². The molecule has 6 nitrogen and oxygen atoms in total. The van der Waals surface area contributed by atoms with E-state index in [1.807, 2.05) is 62.2 Å². The maximum atomic E-state index is 11.8. The molecule has 1 aromatic carbocycles. The molecule has 24 heavy (non-hydrogen) atoms. The molecule has 0 unspecified atom stereocenters. The van der Waals surface area contributed by atoms with Crippen LogP contribution in [-0.4, -0.2) is 43.0 Å². The number of hydrogen-bond acceptors (Lipinski definition) is 6. The van der Waals surface area contributed by atoms with Crippen molar-refractivity contribution in [3.63, 3.8) is 0 Å². The maximum Gasteiger partial charge on any atom is 0.225 e. The van der Waals surface area contributed by atoms with Crippen LogP contribution < -0.4 is 10.2 Å². The molecule has 1 fully saturated rings. The predicted octanol–water partition coefficient (Wildman–Crippen LogP) is 2.40. The Labute approximate surface area is 142 Å². The lowest BCUT2D eigenvalue weighted by atomic mass is 10.1. The third-order valence-electron chi connectivity index (χ3n) is 4.28. The number of benzene rings is 1. The van der Waals surface area contributed by atoms with E-state index in [-0.39, 0.29) is 23.5 Å². The summed E-state index contributed by atoms with van der Waals surface area (Å²) < 4.78 is 23.6. The molecule has 3 rings (SSSR count). The highest BCUT2D eigenvalue weighted by Crippen LogP contribution is 2.25. The van der Waals surface area contributed by atoms with Crippen molar-refractivity contribution in [3.8, 4) is 0 Å². The molecular weight excluding hydrogens is 324 g/mol. The zero-order valence-corrected chi connectivity index (χ0v) is 14.9. The molecule has 2 atom stereocenters. The lowest BCUT2D eigenvalue weighted by Gasteiger charge is -2.21. The summed E-state index contributed by atoms with van der Waals surface area (Å²) in [5, 5.41) is 3.21. The zero-order valence-electron chi connectivity index (χ0n) is 14.1. The Balaban J connectivity index is 1.84. The zero-order chi connectivity index (χ0) is 17.3. The van der Waals surface area contributed by atoms with Gasteiger partial charge in [0.1, 0.15) is 5.82 Å². The van der Waals surface area contributed by atoms with E-state index in [2.05, 4.69) is 15.3 Å². The smallest absolute Gasteiger partial charge is 0.225 e. The second kappa shape index (κ2) is 6.39. The van der Waals surface area contributed by atoms with Crippen molar-refractivity contribution in [2.24, 2.45) is 5.92 Å². The summed E-state index contributed by atoms with van der Waals surface area (Å²) in [5.74, 6) is 1.64. The second-order valence-electron chi connectivity index (χ2n) is 6.39. The first-order valence-corrected chi connectivity index (χ1v) is 9.77. The number of aromatic nitrogens is 2. The SMILES string of the molecule is Cc1cc(N(C)c2ccccc2)nc(N[C@H]2CS(=O)(=O)C[C@H]2C)n1. The standard InChI is InChI=1S/C17H22N4O2S/c1-12-10-24(22,23)11-15(12)19-17-18-13(2)9-16(20-17)21(3)14-7-5-4-6-8-14/h4-9,12,15H,10-11H2,1-3H3,(H,18,19,20)/t12-,15+/m1/s1. The summed E-state index contributed by atoms with van der Waals surface area (Å²) in [6.45, 7) is 3.85. The van der Waals surface area contributed by atoms with Gasteiger partial charge in [-0.05, 0) is 25.0 Å². The van der Waals surface area contributed by atoms with Crippen LogP contribution in [0.1, 0.15) is 12.6 Å². The molecule has 1 aliphatic rings. The van der Waals surface area contributed by atoms with Gasteiger partial charge < -0.3 is 10.2 Å². The number of hydrogen-bond donors (Lipinski definition) is 1. The van der Waals surface area contributed by atoms with Gasteiger partial charge in [-0.25, -0.2) is 13.4 Å². The van der Waals surface area contributed by atoms with Crippen LogP contribution in [0, 0.1) is 12.8 Å². The molecule has 0 radical (unpaired) electrons. The number of nitrogens with one attached hydrogen (secondary N) is 1. The molecule has 128 valence electrons. The molecule has 0 aliphatic carbocycles. The van der Waals surface area contributed by atoms with Gasteiger partial charge in [0.25, 0.3) is 0 Å². The predicted molar refractivity (Wildman–Crippen MR) is 96.5 cm³/mol. The Morgan fingerprint density at radius 2 is 1.88 bits per heavy atom. The van der Waals surface area contributed by atoms with Crippen LogP contribution in [0.2, 0.25) is 0 Å². The Morgan fingerprint density at radius 3 is 2.50 bits per heavy atom. The fourth-order valence-corrected chi connectivity index (χ4v) is 5.07. The normalized spacial score (nSPS) is 22.3. The number of anilines is 3. The van der Waals surface area contributed by atoms with E-state index in [0.717, 1.165) is 17.2 Å². The van der Waals surface area contributed by atoms with Gasteiger partial charge in [-0.2, -0.15) is 4.98 Å². The summed E-state index contributed by atoms with van der Waals surface area (Å²) in [6, 6.07) is 11.7. The van der Waals surface area contributed by atoms with Gasteiger partial charge >= 0.3 is 0 Å². The first-order valence-electron chi connectivity index (χ1n) is 7.95. The summed E-state index contributed by atoms with van der Waals surface area (Å²) in [4.78, 5) is 11.0. The Hall–Kier alpha value is -2.15. The third-order valence-corrected chi connectivity index (χ3v) is 6.18. The van der Waals surface area contributed by atoms with Gasteiger partial charge in [0, 0.05) is 30.5 Å². The van der Waals surface area contributed by atoms with E-state index < -0.39 is 9.84 Å². The Morgan fingerprint density at radius 1 is 1.17 bits per heavy atom. The minimum atomic E-state index is -2.97. The molecule has 2 heterocycles. The summed E-state index contributed by atoms with van der Waals surface area (Å²) in [5.41, 5.74) is 1.86. The van der Waals surface area contributed by atoms with Crippen molar-refractivity contribution in [1.29, 1.82) is 0 Å². The first kappa shape index (κ1) is 16.7.